The van der Waals surface area contributed by atoms with E-state index in [1.54, 1.807) is 0 Å². The molecule has 0 saturated heterocycles. The van der Waals surface area contributed by atoms with E-state index < -0.39 is 10.9 Å². The lowest BCUT2D eigenvalue weighted by atomic mass is 10.3. The molecule has 0 aliphatic carbocycles. The van der Waals surface area contributed by atoms with Gasteiger partial charge in [-0.25, -0.2) is 4.79 Å². The van der Waals surface area contributed by atoms with Gasteiger partial charge in [-0.1, -0.05) is 11.3 Å². The molecule has 1 aromatic rings. The molecule has 0 radical (unpaired) electrons. The molecule has 0 aliphatic heterocycles. The maximum Gasteiger partial charge on any atom is 0.336 e. The molecule has 0 spiro atoms. The summed E-state index contributed by atoms with van der Waals surface area (Å²) in [6.07, 6.45) is 0. The van der Waals surface area contributed by atoms with Crippen LogP contribution in [0.4, 0.5) is 5.00 Å². The molecule has 0 aliphatic rings. The summed E-state index contributed by atoms with van der Waals surface area (Å²) in [6.45, 7) is 0. The van der Waals surface area contributed by atoms with Crippen LogP contribution in [-0.2, 0) is 0 Å². The zero-order valence-electron chi connectivity index (χ0n) is 5.59. The fourth-order valence-electron chi connectivity index (χ4n) is 0.533. The summed E-state index contributed by atoms with van der Waals surface area (Å²) < 4.78 is 0. The minimum atomic E-state index is -1.14. The summed E-state index contributed by atoms with van der Waals surface area (Å²) in [5.74, 6) is -1.14. The highest BCUT2D eigenvalue weighted by molar-refractivity contribution is 7.13. The molecule has 0 saturated carbocycles. The summed E-state index contributed by atoms with van der Waals surface area (Å²) >= 11 is 0.806. The summed E-state index contributed by atoms with van der Waals surface area (Å²) in [4.78, 5) is 19.7. The van der Waals surface area contributed by atoms with Crippen LogP contribution in [0.25, 0.3) is 0 Å². The zero-order valence-corrected chi connectivity index (χ0v) is 7.22. The van der Waals surface area contributed by atoms with Crippen LogP contribution in [0, 0.1) is 10.1 Å². The van der Waals surface area contributed by atoms with Gasteiger partial charge in [-0.3, -0.25) is 10.1 Å². The van der Waals surface area contributed by atoms with Crippen molar-refractivity contribution in [1.82, 2.24) is 0 Å². The molecular weight excluding hydrogens is 206 g/mol. The average molecular weight is 210 g/mol. The largest absolute Gasteiger partial charge is 0.478 e. The van der Waals surface area contributed by atoms with Crippen LogP contribution in [0.1, 0.15) is 10.4 Å². The first-order valence-corrected chi connectivity index (χ1v) is 3.45. The number of thiophene rings is 1. The Morgan fingerprint density at radius 2 is 2.25 bits per heavy atom. The SMILES string of the molecule is Cl.O=C(O)c1csc([N+](=O)[O-])c1. The Labute approximate surface area is 77.2 Å². The number of hydrogen-bond donors (Lipinski definition) is 1. The predicted octanol–water partition coefficient (Wildman–Crippen LogP) is 1.78. The van der Waals surface area contributed by atoms with Crippen LogP contribution < -0.4 is 0 Å². The van der Waals surface area contributed by atoms with Crippen molar-refractivity contribution in [2.75, 3.05) is 0 Å². The molecule has 0 amide bonds. The van der Waals surface area contributed by atoms with Crippen LogP contribution >= 0.6 is 23.7 Å². The van der Waals surface area contributed by atoms with E-state index >= 15 is 0 Å². The molecular formula is C5H4ClNO4S. The second-order valence-electron chi connectivity index (χ2n) is 1.74. The van der Waals surface area contributed by atoms with Gasteiger partial charge in [-0.2, -0.15) is 0 Å². The molecule has 0 atom stereocenters. The van der Waals surface area contributed by atoms with Crippen molar-refractivity contribution in [3.63, 3.8) is 0 Å². The first-order chi connectivity index (χ1) is 5.11. The van der Waals surface area contributed by atoms with E-state index in [-0.39, 0.29) is 23.0 Å². The van der Waals surface area contributed by atoms with Gasteiger partial charge in [0.1, 0.15) is 0 Å². The van der Waals surface area contributed by atoms with Crippen molar-refractivity contribution < 1.29 is 14.8 Å². The van der Waals surface area contributed by atoms with Crippen LogP contribution in [0.5, 0.6) is 0 Å². The fraction of sp³-hybridized carbons (Fsp3) is 0. The summed E-state index contributed by atoms with van der Waals surface area (Å²) in [7, 11) is 0. The van der Waals surface area contributed by atoms with E-state index in [0.717, 1.165) is 17.4 Å². The van der Waals surface area contributed by atoms with Crippen molar-refractivity contribution in [3.8, 4) is 0 Å². The number of halogens is 1. The second-order valence-corrected chi connectivity index (χ2v) is 2.63. The van der Waals surface area contributed by atoms with Crippen molar-refractivity contribution in [2.24, 2.45) is 0 Å². The molecule has 7 heteroatoms. The van der Waals surface area contributed by atoms with Gasteiger partial charge in [0.25, 0.3) is 0 Å². The van der Waals surface area contributed by atoms with Gasteiger partial charge in [0.05, 0.1) is 10.5 Å². The Kier molecular flexibility index (Phi) is 3.65. The third kappa shape index (κ3) is 2.18. The second kappa shape index (κ2) is 4.03. The average Bonchev–Trinajstić information content (AvgIpc) is 2.33. The number of carbonyl (C=O) groups is 1. The topological polar surface area (TPSA) is 80.4 Å². The molecule has 1 rings (SSSR count). The van der Waals surface area contributed by atoms with E-state index in [1.165, 1.54) is 5.38 Å². The molecule has 1 heterocycles. The molecule has 0 unspecified atom stereocenters. The number of nitro groups is 1. The molecule has 12 heavy (non-hydrogen) atoms. The predicted molar refractivity (Wildman–Crippen MR) is 45.2 cm³/mol. The van der Waals surface area contributed by atoms with E-state index in [4.69, 9.17) is 5.11 Å². The zero-order chi connectivity index (χ0) is 8.43. The van der Waals surface area contributed by atoms with Gasteiger partial charge in [0, 0.05) is 11.4 Å². The Balaban J connectivity index is 0.00000121. The first-order valence-electron chi connectivity index (χ1n) is 2.57. The number of carboxylic acids is 1. The Hall–Kier alpha value is -1.14. The smallest absolute Gasteiger partial charge is 0.336 e. The molecule has 0 aromatic carbocycles. The first kappa shape index (κ1) is 10.9. The lowest BCUT2D eigenvalue weighted by Gasteiger charge is -1.80. The summed E-state index contributed by atoms with van der Waals surface area (Å²) in [6, 6.07) is 1.03. The molecule has 1 aromatic heterocycles. The summed E-state index contributed by atoms with van der Waals surface area (Å²) in [5.41, 5.74) is -0.0401. The van der Waals surface area contributed by atoms with Gasteiger partial charge in [-0.05, 0) is 0 Å². The number of aromatic carboxylic acids is 1. The highest BCUT2D eigenvalue weighted by Gasteiger charge is 2.13. The Morgan fingerprint density at radius 1 is 1.67 bits per heavy atom. The Morgan fingerprint density at radius 3 is 2.50 bits per heavy atom. The number of rotatable bonds is 2. The number of hydrogen-bond acceptors (Lipinski definition) is 4. The molecule has 1 N–H and O–H groups in total. The van der Waals surface area contributed by atoms with Gasteiger partial charge >= 0.3 is 11.0 Å². The van der Waals surface area contributed by atoms with E-state index in [0.29, 0.717) is 0 Å². The molecule has 66 valence electrons. The third-order valence-electron chi connectivity index (χ3n) is 1.01. The number of carboxylic acid groups (broad SMARTS) is 1. The minimum Gasteiger partial charge on any atom is -0.478 e. The molecule has 0 bridgehead atoms. The lowest BCUT2D eigenvalue weighted by Crippen LogP contribution is -1.92. The van der Waals surface area contributed by atoms with Crippen LogP contribution in [0.2, 0.25) is 0 Å². The van der Waals surface area contributed by atoms with Crippen LogP contribution in [0.3, 0.4) is 0 Å². The van der Waals surface area contributed by atoms with Crippen molar-refractivity contribution in [1.29, 1.82) is 0 Å². The monoisotopic (exact) mass is 209 g/mol. The van der Waals surface area contributed by atoms with E-state index in [1.807, 2.05) is 0 Å². The summed E-state index contributed by atoms with van der Waals surface area (Å²) in [5, 5.41) is 19.5. The van der Waals surface area contributed by atoms with Gasteiger partial charge in [0.2, 0.25) is 0 Å². The maximum atomic E-state index is 10.2. The van der Waals surface area contributed by atoms with Crippen LogP contribution in [0.15, 0.2) is 11.4 Å². The number of nitrogens with zero attached hydrogens (tertiary/aromatic N) is 1. The Bertz CT molecular complexity index is 282. The van der Waals surface area contributed by atoms with Gasteiger partial charge in [-0.15, -0.1) is 12.4 Å². The third-order valence-corrected chi connectivity index (χ3v) is 1.89. The van der Waals surface area contributed by atoms with Crippen molar-refractivity contribution >= 4 is 34.7 Å². The van der Waals surface area contributed by atoms with Crippen LogP contribution in [-0.4, -0.2) is 16.0 Å². The maximum absolute atomic E-state index is 10.2. The lowest BCUT2D eigenvalue weighted by molar-refractivity contribution is -0.380. The van der Waals surface area contributed by atoms with Gasteiger partial charge < -0.3 is 5.11 Å². The highest BCUT2D eigenvalue weighted by atomic mass is 35.5. The standard InChI is InChI=1S/C5H3NO4S.ClH/c7-5(8)3-1-4(6(9)10)11-2-3;/h1-2H,(H,7,8);1H. The normalized spacial score (nSPS) is 8.67. The fourth-order valence-corrected chi connectivity index (χ4v) is 1.23. The highest BCUT2D eigenvalue weighted by Crippen LogP contribution is 2.22. The quantitative estimate of drug-likeness (QED) is 0.595. The van der Waals surface area contributed by atoms with E-state index in [9.17, 15) is 14.9 Å². The minimum absolute atomic E-state index is 0. The molecule has 5 nitrogen and oxygen atoms in total. The van der Waals surface area contributed by atoms with Crippen molar-refractivity contribution in [2.45, 2.75) is 0 Å². The molecule has 0 fully saturated rings. The van der Waals surface area contributed by atoms with Gasteiger partial charge in [0.15, 0.2) is 0 Å². The van der Waals surface area contributed by atoms with E-state index in [2.05, 4.69) is 0 Å². The van der Waals surface area contributed by atoms with Crippen molar-refractivity contribution in [3.05, 3.63) is 27.1 Å².